The number of rotatable bonds is 3. The van der Waals surface area contributed by atoms with Gasteiger partial charge >= 0.3 is 0 Å². The summed E-state index contributed by atoms with van der Waals surface area (Å²) in [6, 6.07) is 0. The van der Waals surface area contributed by atoms with E-state index in [4.69, 9.17) is 10.00 Å². The van der Waals surface area contributed by atoms with Crippen molar-refractivity contribution in [2.45, 2.75) is 46.1 Å². The highest BCUT2D eigenvalue weighted by atomic mass is 16.5. The van der Waals surface area contributed by atoms with Crippen LogP contribution < -0.4 is 5.32 Å². The minimum absolute atomic E-state index is 0.0945. The zero-order valence-corrected chi connectivity index (χ0v) is 10.3. The van der Waals surface area contributed by atoms with E-state index < -0.39 is 0 Å². The Morgan fingerprint density at radius 2 is 2.07 bits per heavy atom. The van der Waals surface area contributed by atoms with Crippen LogP contribution in [-0.2, 0) is 4.74 Å². The summed E-state index contributed by atoms with van der Waals surface area (Å²) in [6.07, 6.45) is 5.08. The molecule has 3 heteroatoms. The summed E-state index contributed by atoms with van der Waals surface area (Å²) in [5.74, 6) is 0. The Morgan fingerprint density at radius 1 is 1.40 bits per heavy atom. The Morgan fingerprint density at radius 3 is 2.60 bits per heavy atom. The molecule has 1 aliphatic carbocycles. The van der Waals surface area contributed by atoms with Crippen molar-refractivity contribution in [2.24, 2.45) is 10.8 Å². The van der Waals surface area contributed by atoms with E-state index in [0.717, 1.165) is 19.4 Å². The quantitative estimate of drug-likeness (QED) is 0.727. The molecule has 1 aliphatic rings. The minimum atomic E-state index is 0.0945. The van der Waals surface area contributed by atoms with Gasteiger partial charge in [-0.25, -0.2) is 0 Å². The van der Waals surface area contributed by atoms with Crippen molar-refractivity contribution in [3.05, 3.63) is 0 Å². The second kappa shape index (κ2) is 4.40. The maximum atomic E-state index is 8.60. The maximum absolute atomic E-state index is 8.60. The van der Waals surface area contributed by atoms with Crippen molar-refractivity contribution in [3.63, 3.8) is 0 Å². The molecule has 3 nitrogen and oxygen atoms in total. The van der Waals surface area contributed by atoms with Gasteiger partial charge in [-0.1, -0.05) is 20.8 Å². The van der Waals surface area contributed by atoms with E-state index in [2.05, 4.69) is 26.1 Å². The molecule has 0 saturated heterocycles. The molecule has 15 heavy (non-hydrogen) atoms. The predicted octanol–water partition coefficient (Wildman–Crippen LogP) is 2.29. The van der Waals surface area contributed by atoms with Crippen molar-refractivity contribution in [1.82, 2.24) is 5.32 Å². The van der Waals surface area contributed by atoms with Gasteiger partial charge in [-0.3, -0.25) is 0 Å². The molecule has 2 atom stereocenters. The van der Waals surface area contributed by atoms with Crippen LogP contribution in [0.15, 0.2) is 0 Å². The van der Waals surface area contributed by atoms with Crippen molar-refractivity contribution in [1.29, 1.82) is 5.26 Å². The number of ether oxygens (including phenoxy) is 1. The average molecular weight is 210 g/mol. The summed E-state index contributed by atoms with van der Waals surface area (Å²) in [4.78, 5) is 0. The number of nitriles is 1. The molecular weight excluding hydrogens is 188 g/mol. The largest absolute Gasteiger partial charge is 0.424 e. The van der Waals surface area contributed by atoms with E-state index in [-0.39, 0.29) is 16.9 Å². The zero-order valence-electron chi connectivity index (χ0n) is 10.3. The van der Waals surface area contributed by atoms with Crippen LogP contribution in [0, 0.1) is 22.3 Å². The van der Waals surface area contributed by atoms with E-state index in [1.165, 1.54) is 6.42 Å². The smallest absolute Gasteiger partial charge is 0.286 e. The highest BCUT2D eigenvalue weighted by Crippen LogP contribution is 2.46. The van der Waals surface area contributed by atoms with Crippen LogP contribution in [-0.4, -0.2) is 19.7 Å². The number of nitrogens with one attached hydrogen (secondary N) is 1. The molecular formula is C12H22N2O. The molecule has 0 aromatic rings. The first-order valence-electron chi connectivity index (χ1n) is 5.60. The molecule has 1 fully saturated rings. The van der Waals surface area contributed by atoms with Gasteiger partial charge in [0.25, 0.3) is 6.26 Å². The Bertz CT molecular complexity index is 257. The molecule has 0 aliphatic heterocycles. The number of hydrogen-bond acceptors (Lipinski definition) is 3. The SMILES string of the molecule is CNCC1(C)CC(OC#N)CC(C)(C)C1. The van der Waals surface area contributed by atoms with Crippen molar-refractivity contribution in [3.8, 4) is 6.26 Å². The van der Waals surface area contributed by atoms with Crippen molar-refractivity contribution in [2.75, 3.05) is 13.6 Å². The highest BCUT2D eigenvalue weighted by molar-refractivity contribution is 4.93. The lowest BCUT2D eigenvalue weighted by atomic mass is 9.63. The first-order valence-corrected chi connectivity index (χ1v) is 5.60. The lowest BCUT2D eigenvalue weighted by Crippen LogP contribution is -2.43. The lowest BCUT2D eigenvalue weighted by Gasteiger charge is -2.45. The predicted molar refractivity (Wildman–Crippen MR) is 60.2 cm³/mol. The van der Waals surface area contributed by atoms with Crippen molar-refractivity contribution >= 4 is 0 Å². The maximum Gasteiger partial charge on any atom is 0.286 e. The summed E-state index contributed by atoms with van der Waals surface area (Å²) in [5, 5.41) is 11.8. The van der Waals surface area contributed by atoms with Gasteiger partial charge in [-0.15, -0.1) is 0 Å². The van der Waals surface area contributed by atoms with E-state index in [1.54, 1.807) is 0 Å². The minimum Gasteiger partial charge on any atom is -0.424 e. The summed E-state index contributed by atoms with van der Waals surface area (Å²) in [5.41, 5.74) is 0.517. The van der Waals surface area contributed by atoms with Crippen molar-refractivity contribution < 1.29 is 4.74 Å². The van der Waals surface area contributed by atoms with Gasteiger partial charge in [0, 0.05) is 6.54 Å². The van der Waals surface area contributed by atoms with Gasteiger partial charge < -0.3 is 10.1 Å². The molecule has 0 heterocycles. The van der Waals surface area contributed by atoms with E-state index in [9.17, 15) is 0 Å². The zero-order chi connectivity index (χ0) is 11.5. The molecule has 1 N–H and O–H groups in total. The first kappa shape index (κ1) is 12.3. The van der Waals surface area contributed by atoms with E-state index in [0.29, 0.717) is 0 Å². The second-order valence-corrected chi connectivity index (χ2v) is 5.92. The van der Waals surface area contributed by atoms with Crippen LogP contribution in [0.2, 0.25) is 0 Å². The fraction of sp³-hybridized carbons (Fsp3) is 0.917. The molecule has 0 aromatic heterocycles. The third-order valence-corrected chi connectivity index (χ3v) is 3.23. The Labute approximate surface area is 92.8 Å². The summed E-state index contributed by atoms with van der Waals surface area (Å²) in [6.45, 7) is 7.78. The van der Waals surface area contributed by atoms with Gasteiger partial charge in [-0.2, -0.15) is 5.26 Å². The van der Waals surface area contributed by atoms with Gasteiger partial charge in [-0.05, 0) is 37.1 Å². The molecule has 1 rings (SSSR count). The summed E-state index contributed by atoms with van der Waals surface area (Å²) in [7, 11) is 1.98. The first-order chi connectivity index (χ1) is 6.91. The second-order valence-electron chi connectivity index (χ2n) is 5.92. The van der Waals surface area contributed by atoms with Crippen LogP contribution in [0.25, 0.3) is 0 Å². The molecule has 0 amide bonds. The molecule has 86 valence electrons. The van der Waals surface area contributed by atoms with Gasteiger partial charge in [0.05, 0.1) is 0 Å². The monoisotopic (exact) mass is 210 g/mol. The summed E-state index contributed by atoms with van der Waals surface area (Å²) < 4.78 is 5.14. The fourth-order valence-electron chi connectivity index (χ4n) is 3.26. The molecule has 0 aromatic carbocycles. The Balaban J connectivity index is 2.72. The number of nitrogens with zero attached hydrogens (tertiary/aromatic N) is 1. The van der Waals surface area contributed by atoms with Crippen LogP contribution in [0.1, 0.15) is 40.0 Å². The van der Waals surface area contributed by atoms with Gasteiger partial charge in [0.1, 0.15) is 6.10 Å². The topological polar surface area (TPSA) is 45.0 Å². The average Bonchev–Trinajstić information content (AvgIpc) is 1.99. The fourth-order valence-corrected chi connectivity index (χ4v) is 3.26. The van der Waals surface area contributed by atoms with Crippen LogP contribution in [0.4, 0.5) is 0 Å². The van der Waals surface area contributed by atoms with E-state index in [1.807, 2.05) is 13.3 Å². The number of hydrogen-bond donors (Lipinski definition) is 1. The summed E-state index contributed by atoms with van der Waals surface area (Å²) >= 11 is 0. The molecule has 0 radical (unpaired) electrons. The molecule has 0 spiro atoms. The Hall–Kier alpha value is -0.750. The van der Waals surface area contributed by atoms with Crippen LogP contribution in [0.5, 0.6) is 0 Å². The van der Waals surface area contributed by atoms with Gasteiger partial charge in [0.2, 0.25) is 0 Å². The van der Waals surface area contributed by atoms with Crippen LogP contribution >= 0.6 is 0 Å². The molecule has 1 saturated carbocycles. The third kappa shape index (κ3) is 3.39. The molecule has 2 unspecified atom stereocenters. The van der Waals surface area contributed by atoms with E-state index >= 15 is 0 Å². The Kier molecular flexibility index (Phi) is 3.62. The van der Waals surface area contributed by atoms with Crippen LogP contribution in [0.3, 0.4) is 0 Å². The molecule has 0 bridgehead atoms. The highest BCUT2D eigenvalue weighted by Gasteiger charge is 2.41. The normalized spacial score (nSPS) is 34.5. The lowest BCUT2D eigenvalue weighted by molar-refractivity contribution is -0.00983. The van der Waals surface area contributed by atoms with Gasteiger partial charge in [0.15, 0.2) is 0 Å². The third-order valence-electron chi connectivity index (χ3n) is 3.23. The standard InChI is InChI=1S/C12H22N2O/c1-11(2)5-10(15-9-13)6-12(3,7-11)8-14-4/h10,14H,5-8H2,1-4H3.